The molecule has 0 saturated carbocycles. The molecule has 0 radical (unpaired) electrons. The molecule has 0 saturated heterocycles. The van der Waals surface area contributed by atoms with Crippen molar-refractivity contribution < 1.29 is 0 Å². The van der Waals surface area contributed by atoms with E-state index < -0.39 is 0 Å². The van der Waals surface area contributed by atoms with Crippen LogP contribution in [0, 0.1) is 0 Å². The Balaban J connectivity index is 1.85. The van der Waals surface area contributed by atoms with Crippen LogP contribution < -0.4 is 5.32 Å². The van der Waals surface area contributed by atoms with E-state index in [1.54, 1.807) is 11.3 Å². The van der Waals surface area contributed by atoms with Crippen LogP contribution in [0.5, 0.6) is 0 Å². The van der Waals surface area contributed by atoms with Gasteiger partial charge in [-0.3, -0.25) is 0 Å². The summed E-state index contributed by atoms with van der Waals surface area (Å²) < 4.78 is 0. The fourth-order valence-electron chi connectivity index (χ4n) is 1.32. The number of thiophene rings is 1. The highest BCUT2D eigenvalue weighted by Crippen LogP contribution is 2.05. The van der Waals surface area contributed by atoms with Crippen LogP contribution in [0.25, 0.3) is 0 Å². The third-order valence-corrected chi connectivity index (χ3v) is 3.15. The van der Waals surface area contributed by atoms with Gasteiger partial charge in [-0.25, -0.2) is 0 Å². The Morgan fingerprint density at radius 3 is 2.79 bits per heavy atom. The number of nitrogens with one attached hydrogen (secondary N) is 1. The van der Waals surface area contributed by atoms with Gasteiger partial charge in [-0.2, -0.15) is 11.3 Å². The van der Waals surface area contributed by atoms with Crippen molar-refractivity contribution in [1.29, 1.82) is 0 Å². The Bertz CT molecular complexity index is 211. The van der Waals surface area contributed by atoms with E-state index >= 15 is 0 Å². The minimum Gasteiger partial charge on any atom is -0.313 e. The topological polar surface area (TPSA) is 12.0 Å². The lowest BCUT2D eigenvalue weighted by atomic mass is 10.2. The van der Waals surface area contributed by atoms with Crippen molar-refractivity contribution in [2.24, 2.45) is 0 Å². The molecule has 0 bridgehead atoms. The zero-order valence-corrected chi connectivity index (χ0v) is 10.0. The van der Waals surface area contributed by atoms with Crippen LogP contribution >= 0.6 is 22.9 Å². The van der Waals surface area contributed by atoms with Crippen molar-refractivity contribution in [1.82, 2.24) is 5.32 Å². The third-order valence-electron chi connectivity index (χ3n) is 2.15. The normalized spacial score (nSPS) is 10.6. The van der Waals surface area contributed by atoms with Crippen LogP contribution in [0.1, 0.15) is 31.2 Å². The molecule has 0 aliphatic heterocycles. The zero-order chi connectivity index (χ0) is 10.1. The fourth-order valence-corrected chi connectivity index (χ4v) is 2.18. The van der Waals surface area contributed by atoms with Gasteiger partial charge < -0.3 is 5.32 Å². The Morgan fingerprint density at radius 1 is 1.21 bits per heavy atom. The first-order valence-electron chi connectivity index (χ1n) is 5.21. The maximum atomic E-state index is 5.59. The van der Waals surface area contributed by atoms with E-state index in [0.717, 1.165) is 25.4 Å². The number of hydrogen-bond donors (Lipinski definition) is 1. The maximum absolute atomic E-state index is 5.59. The van der Waals surface area contributed by atoms with Gasteiger partial charge in [-0.1, -0.05) is 12.8 Å². The molecule has 3 heteroatoms. The maximum Gasteiger partial charge on any atom is 0.0223 e. The summed E-state index contributed by atoms with van der Waals surface area (Å²) >= 11 is 7.35. The quantitative estimate of drug-likeness (QED) is 0.532. The van der Waals surface area contributed by atoms with Crippen LogP contribution in [0.2, 0.25) is 0 Å². The zero-order valence-electron chi connectivity index (χ0n) is 8.47. The minimum atomic E-state index is 0.808. The average Bonchev–Trinajstić information content (AvgIpc) is 2.69. The van der Waals surface area contributed by atoms with Gasteiger partial charge in [0.05, 0.1) is 0 Å². The van der Waals surface area contributed by atoms with Crippen molar-refractivity contribution in [2.45, 2.75) is 32.2 Å². The Labute approximate surface area is 95.5 Å². The predicted octanol–water partition coefficient (Wildman–Crippen LogP) is 3.64. The number of halogens is 1. The molecule has 80 valence electrons. The average molecular weight is 232 g/mol. The van der Waals surface area contributed by atoms with Gasteiger partial charge in [0.2, 0.25) is 0 Å². The molecule has 1 nitrogen and oxygen atoms in total. The van der Waals surface area contributed by atoms with Gasteiger partial charge in [0.1, 0.15) is 0 Å². The van der Waals surface area contributed by atoms with Gasteiger partial charge in [-0.05, 0) is 41.8 Å². The summed E-state index contributed by atoms with van der Waals surface area (Å²) in [6, 6.07) is 2.17. The molecule has 1 heterocycles. The first-order chi connectivity index (χ1) is 6.93. The molecule has 0 aliphatic carbocycles. The Kier molecular flexibility index (Phi) is 7.10. The van der Waals surface area contributed by atoms with Crippen LogP contribution in [0.4, 0.5) is 0 Å². The highest BCUT2D eigenvalue weighted by molar-refractivity contribution is 7.07. The predicted molar refractivity (Wildman–Crippen MR) is 65.2 cm³/mol. The van der Waals surface area contributed by atoms with Crippen LogP contribution in [0.3, 0.4) is 0 Å². The standard InChI is InChI=1S/C11H18ClNS/c12-6-3-1-2-4-7-13-9-11-5-8-14-10-11/h5,8,10,13H,1-4,6-7,9H2. The molecule has 0 unspecified atom stereocenters. The highest BCUT2D eigenvalue weighted by atomic mass is 35.5. The molecule has 0 fully saturated rings. The van der Waals surface area contributed by atoms with E-state index in [-0.39, 0.29) is 0 Å². The van der Waals surface area contributed by atoms with Crippen LogP contribution in [0.15, 0.2) is 16.8 Å². The molecule has 1 aromatic heterocycles. The highest BCUT2D eigenvalue weighted by Gasteiger charge is 1.92. The van der Waals surface area contributed by atoms with Crippen LogP contribution in [-0.4, -0.2) is 12.4 Å². The molecule has 0 aliphatic rings. The molecule has 1 N–H and O–H groups in total. The van der Waals surface area contributed by atoms with Crippen molar-refractivity contribution in [3.8, 4) is 0 Å². The summed E-state index contributed by atoms with van der Waals surface area (Å²) in [6.07, 6.45) is 4.99. The second-order valence-corrected chi connectivity index (χ2v) is 4.57. The summed E-state index contributed by atoms with van der Waals surface area (Å²) in [6.45, 7) is 2.14. The van der Waals surface area contributed by atoms with E-state index in [2.05, 4.69) is 22.1 Å². The lowest BCUT2D eigenvalue weighted by Crippen LogP contribution is -2.13. The van der Waals surface area contributed by atoms with Crippen molar-refractivity contribution in [3.63, 3.8) is 0 Å². The number of unbranched alkanes of at least 4 members (excludes halogenated alkanes) is 3. The van der Waals surface area contributed by atoms with Crippen molar-refractivity contribution in [3.05, 3.63) is 22.4 Å². The third kappa shape index (κ3) is 5.63. The fraction of sp³-hybridized carbons (Fsp3) is 0.636. The summed E-state index contributed by atoms with van der Waals surface area (Å²) in [5.41, 5.74) is 1.40. The number of rotatable bonds is 8. The minimum absolute atomic E-state index is 0.808. The first-order valence-corrected chi connectivity index (χ1v) is 6.69. The molecular formula is C11H18ClNS. The van der Waals surface area contributed by atoms with E-state index in [1.165, 1.54) is 24.8 Å². The lowest BCUT2D eigenvalue weighted by Gasteiger charge is -2.02. The van der Waals surface area contributed by atoms with Gasteiger partial charge >= 0.3 is 0 Å². The van der Waals surface area contributed by atoms with Gasteiger partial charge in [0.25, 0.3) is 0 Å². The van der Waals surface area contributed by atoms with E-state index in [4.69, 9.17) is 11.6 Å². The molecular weight excluding hydrogens is 214 g/mol. The van der Waals surface area contributed by atoms with Crippen molar-refractivity contribution >= 4 is 22.9 Å². The van der Waals surface area contributed by atoms with Gasteiger partial charge in [0.15, 0.2) is 0 Å². The molecule has 1 aromatic rings. The first kappa shape index (κ1) is 12.0. The summed E-state index contributed by atoms with van der Waals surface area (Å²) in [7, 11) is 0. The molecule has 0 aromatic carbocycles. The Morgan fingerprint density at radius 2 is 2.07 bits per heavy atom. The lowest BCUT2D eigenvalue weighted by molar-refractivity contribution is 0.599. The second-order valence-electron chi connectivity index (χ2n) is 3.41. The molecule has 0 atom stereocenters. The molecule has 1 rings (SSSR count). The van der Waals surface area contributed by atoms with E-state index in [9.17, 15) is 0 Å². The second kappa shape index (κ2) is 8.27. The number of hydrogen-bond acceptors (Lipinski definition) is 2. The number of alkyl halides is 1. The Hall–Kier alpha value is -0.0500. The summed E-state index contributed by atoms with van der Waals surface area (Å²) in [4.78, 5) is 0. The van der Waals surface area contributed by atoms with Crippen LogP contribution in [-0.2, 0) is 6.54 Å². The van der Waals surface area contributed by atoms with Gasteiger partial charge in [0, 0.05) is 12.4 Å². The largest absolute Gasteiger partial charge is 0.313 e. The monoisotopic (exact) mass is 231 g/mol. The smallest absolute Gasteiger partial charge is 0.0223 e. The van der Waals surface area contributed by atoms with Crippen molar-refractivity contribution in [2.75, 3.05) is 12.4 Å². The molecule has 0 amide bonds. The van der Waals surface area contributed by atoms with E-state index in [0.29, 0.717) is 0 Å². The summed E-state index contributed by atoms with van der Waals surface area (Å²) in [5, 5.41) is 7.76. The summed E-state index contributed by atoms with van der Waals surface area (Å²) in [5.74, 6) is 0.808. The van der Waals surface area contributed by atoms with Gasteiger partial charge in [-0.15, -0.1) is 11.6 Å². The SMILES string of the molecule is ClCCCCCCNCc1ccsc1. The molecule has 0 spiro atoms. The molecule has 14 heavy (non-hydrogen) atoms. The van der Waals surface area contributed by atoms with E-state index in [1.807, 2.05) is 0 Å².